The highest BCUT2D eigenvalue weighted by atomic mass is 16.4. The summed E-state index contributed by atoms with van der Waals surface area (Å²) < 4.78 is 0. The van der Waals surface area contributed by atoms with Gasteiger partial charge in [0.15, 0.2) is 0 Å². The molecule has 1 aromatic carbocycles. The van der Waals surface area contributed by atoms with Gasteiger partial charge >= 0.3 is 5.97 Å². The van der Waals surface area contributed by atoms with Crippen molar-refractivity contribution in [3.05, 3.63) is 29.3 Å². The molecule has 2 rings (SSSR count). The van der Waals surface area contributed by atoms with Gasteiger partial charge in [-0.3, -0.25) is 0 Å². The minimum atomic E-state index is -0.842. The largest absolute Gasteiger partial charge is 0.478 e. The van der Waals surface area contributed by atoms with Crippen molar-refractivity contribution in [2.24, 2.45) is 0 Å². The molecule has 1 atom stereocenters. The highest BCUT2D eigenvalue weighted by Crippen LogP contribution is 2.29. The standard InChI is InChI=1S/C16H23NO2/c1-2-3-4-5-6-7-14-11-13-10-12(16(18)19)8-9-15(13)17-14/h8-10,14,17H,2-7,11H2,1H3,(H,18,19). The van der Waals surface area contributed by atoms with E-state index in [0.29, 0.717) is 11.6 Å². The third kappa shape index (κ3) is 3.72. The van der Waals surface area contributed by atoms with Crippen LogP contribution in [0.15, 0.2) is 18.2 Å². The van der Waals surface area contributed by atoms with E-state index in [1.807, 2.05) is 12.1 Å². The van der Waals surface area contributed by atoms with E-state index in [9.17, 15) is 4.79 Å². The zero-order chi connectivity index (χ0) is 13.7. The van der Waals surface area contributed by atoms with Crippen molar-refractivity contribution in [2.45, 2.75) is 57.9 Å². The van der Waals surface area contributed by atoms with Crippen LogP contribution in [0.3, 0.4) is 0 Å². The van der Waals surface area contributed by atoms with E-state index in [4.69, 9.17) is 5.11 Å². The van der Waals surface area contributed by atoms with Crippen LogP contribution in [0.2, 0.25) is 0 Å². The van der Waals surface area contributed by atoms with Crippen LogP contribution in [0.5, 0.6) is 0 Å². The Morgan fingerprint density at radius 3 is 2.84 bits per heavy atom. The van der Waals surface area contributed by atoms with E-state index >= 15 is 0 Å². The number of fused-ring (bicyclic) bond motifs is 1. The van der Waals surface area contributed by atoms with Gasteiger partial charge in [-0.1, -0.05) is 39.0 Å². The Labute approximate surface area is 115 Å². The van der Waals surface area contributed by atoms with Gasteiger partial charge in [-0.25, -0.2) is 4.79 Å². The first-order chi connectivity index (χ1) is 9.20. The van der Waals surface area contributed by atoms with E-state index in [2.05, 4.69) is 12.2 Å². The van der Waals surface area contributed by atoms with Crippen LogP contribution < -0.4 is 5.32 Å². The second-order valence-electron chi connectivity index (χ2n) is 5.43. The fraction of sp³-hybridized carbons (Fsp3) is 0.562. The van der Waals surface area contributed by atoms with Crippen molar-refractivity contribution in [3.8, 4) is 0 Å². The van der Waals surface area contributed by atoms with Crippen molar-refractivity contribution in [1.82, 2.24) is 0 Å². The molecule has 0 amide bonds. The summed E-state index contributed by atoms with van der Waals surface area (Å²) in [5.41, 5.74) is 2.66. The highest BCUT2D eigenvalue weighted by Gasteiger charge is 2.21. The topological polar surface area (TPSA) is 49.3 Å². The van der Waals surface area contributed by atoms with Gasteiger partial charge in [0.25, 0.3) is 0 Å². The van der Waals surface area contributed by atoms with Crippen molar-refractivity contribution in [1.29, 1.82) is 0 Å². The lowest BCUT2D eigenvalue weighted by Crippen LogP contribution is -2.14. The molecule has 0 aliphatic carbocycles. The van der Waals surface area contributed by atoms with Gasteiger partial charge in [0, 0.05) is 11.7 Å². The van der Waals surface area contributed by atoms with Crippen LogP contribution in [0, 0.1) is 0 Å². The van der Waals surface area contributed by atoms with Gasteiger partial charge in [0.05, 0.1) is 5.56 Å². The average molecular weight is 261 g/mol. The number of aromatic carboxylic acids is 1. The Kier molecular flexibility index (Phi) is 4.83. The number of carboxylic acids is 1. The van der Waals surface area contributed by atoms with Crippen LogP contribution in [0.1, 0.15) is 61.4 Å². The lowest BCUT2D eigenvalue weighted by molar-refractivity contribution is 0.0697. The van der Waals surface area contributed by atoms with Crippen LogP contribution in [0.25, 0.3) is 0 Å². The van der Waals surface area contributed by atoms with Crippen molar-refractivity contribution in [2.75, 3.05) is 5.32 Å². The van der Waals surface area contributed by atoms with Crippen LogP contribution in [-0.4, -0.2) is 17.1 Å². The quantitative estimate of drug-likeness (QED) is 0.727. The lowest BCUT2D eigenvalue weighted by atomic mass is 10.0. The Morgan fingerprint density at radius 1 is 1.32 bits per heavy atom. The number of anilines is 1. The molecule has 0 spiro atoms. The number of rotatable bonds is 7. The third-order valence-corrected chi connectivity index (χ3v) is 3.83. The van der Waals surface area contributed by atoms with Gasteiger partial charge in [-0.05, 0) is 36.6 Å². The van der Waals surface area contributed by atoms with Gasteiger partial charge in [0.2, 0.25) is 0 Å². The van der Waals surface area contributed by atoms with Gasteiger partial charge in [-0.15, -0.1) is 0 Å². The predicted molar refractivity (Wildman–Crippen MR) is 77.9 cm³/mol. The molecule has 3 nitrogen and oxygen atoms in total. The minimum Gasteiger partial charge on any atom is -0.478 e. The summed E-state index contributed by atoms with van der Waals surface area (Å²) in [5.74, 6) is -0.842. The van der Waals surface area contributed by atoms with E-state index < -0.39 is 5.97 Å². The molecular weight excluding hydrogens is 238 g/mol. The number of benzene rings is 1. The molecule has 1 heterocycles. The minimum absolute atomic E-state index is 0.393. The average Bonchev–Trinajstić information content (AvgIpc) is 2.80. The molecule has 0 saturated heterocycles. The van der Waals surface area contributed by atoms with Crippen LogP contribution in [-0.2, 0) is 6.42 Å². The first-order valence-electron chi connectivity index (χ1n) is 7.33. The second-order valence-corrected chi connectivity index (χ2v) is 5.43. The summed E-state index contributed by atoms with van der Waals surface area (Å²) in [4.78, 5) is 10.9. The summed E-state index contributed by atoms with van der Waals surface area (Å²) in [6, 6.07) is 5.87. The zero-order valence-corrected chi connectivity index (χ0v) is 11.6. The second kappa shape index (κ2) is 6.60. The number of unbranched alkanes of at least 4 members (excludes halogenated alkanes) is 4. The number of carbonyl (C=O) groups is 1. The molecule has 1 aromatic rings. The smallest absolute Gasteiger partial charge is 0.335 e. The number of carboxylic acid groups (broad SMARTS) is 1. The predicted octanol–water partition coefficient (Wildman–Crippen LogP) is 4.08. The lowest BCUT2D eigenvalue weighted by Gasteiger charge is -2.10. The number of hydrogen-bond acceptors (Lipinski definition) is 2. The van der Waals surface area contributed by atoms with Gasteiger partial charge in [-0.2, -0.15) is 0 Å². The first kappa shape index (κ1) is 13.9. The Morgan fingerprint density at radius 2 is 2.11 bits per heavy atom. The molecular formula is C16H23NO2. The van der Waals surface area contributed by atoms with Crippen LogP contribution in [0.4, 0.5) is 5.69 Å². The molecule has 0 fully saturated rings. The van der Waals surface area contributed by atoms with E-state index in [1.54, 1.807) is 6.07 Å². The third-order valence-electron chi connectivity index (χ3n) is 3.83. The molecule has 0 bridgehead atoms. The maximum Gasteiger partial charge on any atom is 0.335 e. The summed E-state index contributed by atoms with van der Waals surface area (Å²) in [6.07, 6.45) is 8.66. The van der Waals surface area contributed by atoms with Crippen molar-refractivity contribution < 1.29 is 9.90 Å². The van der Waals surface area contributed by atoms with E-state index in [0.717, 1.165) is 17.7 Å². The fourth-order valence-corrected chi connectivity index (χ4v) is 2.74. The molecule has 2 N–H and O–H groups in total. The SMILES string of the molecule is CCCCCCCC1Cc2cc(C(=O)O)ccc2N1. The Bertz CT molecular complexity index is 442. The summed E-state index contributed by atoms with van der Waals surface area (Å²) >= 11 is 0. The van der Waals surface area contributed by atoms with E-state index in [-0.39, 0.29) is 0 Å². The molecule has 19 heavy (non-hydrogen) atoms. The summed E-state index contributed by atoms with van der Waals surface area (Å²) in [6.45, 7) is 2.23. The number of hydrogen-bond donors (Lipinski definition) is 2. The maximum atomic E-state index is 10.9. The highest BCUT2D eigenvalue weighted by molar-refractivity contribution is 5.88. The van der Waals surface area contributed by atoms with Gasteiger partial charge in [0.1, 0.15) is 0 Å². The van der Waals surface area contributed by atoms with Gasteiger partial charge < -0.3 is 10.4 Å². The fourth-order valence-electron chi connectivity index (χ4n) is 2.74. The molecule has 0 saturated carbocycles. The molecule has 1 aliphatic rings. The first-order valence-corrected chi connectivity index (χ1v) is 7.33. The molecule has 0 radical (unpaired) electrons. The maximum absolute atomic E-state index is 10.9. The van der Waals surface area contributed by atoms with Crippen LogP contribution >= 0.6 is 0 Å². The molecule has 1 unspecified atom stereocenters. The van der Waals surface area contributed by atoms with Crippen molar-refractivity contribution >= 4 is 11.7 Å². The van der Waals surface area contributed by atoms with Crippen molar-refractivity contribution in [3.63, 3.8) is 0 Å². The molecule has 3 heteroatoms. The Balaban J connectivity index is 1.81. The summed E-state index contributed by atoms with van der Waals surface area (Å²) in [7, 11) is 0. The Hall–Kier alpha value is -1.51. The molecule has 104 valence electrons. The number of nitrogens with one attached hydrogen (secondary N) is 1. The monoisotopic (exact) mass is 261 g/mol. The molecule has 0 aromatic heterocycles. The zero-order valence-electron chi connectivity index (χ0n) is 11.6. The normalized spacial score (nSPS) is 17.0. The van der Waals surface area contributed by atoms with E-state index in [1.165, 1.54) is 38.5 Å². The summed E-state index contributed by atoms with van der Waals surface area (Å²) in [5, 5.41) is 12.5. The molecule has 1 aliphatic heterocycles.